The number of ether oxygens (including phenoxy) is 1. The summed E-state index contributed by atoms with van der Waals surface area (Å²) < 4.78 is 6.00. The van der Waals surface area contributed by atoms with Gasteiger partial charge in [-0.3, -0.25) is 5.43 Å². The monoisotopic (exact) mass is 264 g/mol. The third-order valence-corrected chi connectivity index (χ3v) is 4.13. The van der Waals surface area contributed by atoms with Gasteiger partial charge in [-0.25, -0.2) is 10.8 Å². The van der Waals surface area contributed by atoms with E-state index in [-0.39, 0.29) is 6.10 Å². The molecule has 0 saturated heterocycles. The topological polar surface area (TPSA) is 73.1 Å². The summed E-state index contributed by atoms with van der Waals surface area (Å²) in [6.45, 7) is 2.06. The number of nitrogen functional groups attached to an aromatic ring is 1. The Labute approximate surface area is 109 Å². The smallest absolute Gasteiger partial charge is 0.241 e. The number of hydrogen-bond acceptors (Lipinski definition) is 6. The second-order valence-electron chi connectivity index (χ2n) is 4.60. The number of nitrogens with two attached hydrogens (primary N) is 1. The molecule has 2 heterocycles. The number of nitrogens with zero attached hydrogens (tertiary/aromatic N) is 2. The van der Waals surface area contributed by atoms with Crippen LogP contribution in [0.1, 0.15) is 30.6 Å². The largest absolute Gasteiger partial charge is 0.474 e. The summed E-state index contributed by atoms with van der Waals surface area (Å²) in [6.07, 6.45) is 4.99. The van der Waals surface area contributed by atoms with Gasteiger partial charge in [0.15, 0.2) is 0 Å². The molecular weight excluding hydrogens is 248 g/mol. The van der Waals surface area contributed by atoms with Crippen molar-refractivity contribution in [3.63, 3.8) is 0 Å². The summed E-state index contributed by atoms with van der Waals surface area (Å²) in [5.74, 6) is 6.47. The molecule has 2 aromatic rings. The van der Waals surface area contributed by atoms with Crippen LogP contribution < -0.4 is 16.0 Å². The molecule has 18 heavy (non-hydrogen) atoms. The highest BCUT2D eigenvalue weighted by atomic mass is 32.1. The maximum absolute atomic E-state index is 6.00. The summed E-state index contributed by atoms with van der Waals surface area (Å²) in [6, 6.07) is 2.07. The molecule has 2 aromatic heterocycles. The third kappa shape index (κ3) is 2.13. The summed E-state index contributed by atoms with van der Waals surface area (Å²) in [5.41, 5.74) is 2.50. The summed E-state index contributed by atoms with van der Waals surface area (Å²) in [7, 11) is 0. The molecule has 3 N–H and O–H groups in total. The van der Waals surface area contributed by atoms with E-state index in [1.165, 1.54) is 17.7 Å². The molecule has 1 fully saturated rings. The average molecular weight is 264 g/mol. The highest BCUT2D eigenvalue weighted by Gasteiger charge is 2.20. The molecule has 0 aromatic carbocycles. The molecule has 0 unspecified atom stereocenters. The van der Waals surface area contributed by atoms with Crippen molar-refractivity contribution in [3.05, 3.63) is 10.9 Å². The van der Waals surface area contributed by atoms with E-state index in [0.717, 1.165) is 23.1 Å². The van der Waals surface area contributed by atoms with Crippen LogP contribution in [0.3, 0.4) is 0 Å². The molecule has 1 saturated carbocycles. The lowest BCUT2D eigenvalue weighted by atomic mass is 10.3. The third-order valence-electron chi connectivity index (χ3n) is 3.19. The van der Waals surface area contributed by atoms with Crippen molar-refractivity contribution >= 4 is 27.5 Å². The van der Waals surface area contributed by atoms with Crippen LogP contribution in [0.4, 0.5) is 5.95 Å². The van der Waals surface area contributed by atoms with Gasteiger partial charge in [0.05, 0.1) is 5.39 Å². The van der Waals surface area contributed by atoms with Crippen molar-refractivity contribution in [3.8, 4) is 5.88 Å². The molecule has 3 rings (SSSR count). The van der Waals surface area contributed by atoms with Crippen molar-refractivity contribution in [1.82, 2.24) is 9.97 Å². The van der Waals surface area contributed by atoms with Gasteiger partial charge in [-0.1, -0.05) is 0 Å². The molecule has 0 atom stereocenters. The van der Waals surface area contributed by atoms with Crippen LogP contribution in [0.25, 0.3) is 10.2 Å². The maximum atomic E-state index is 6.00. The van der Waals surface area contributed by atoms with Crippen LogP contribution in [0.5, 0.6) is 5.88 Å². The second-order valence-corrected chi connectivity index (χ2v) is 5.83. The first-order valence-corrected chi connectivity index (χ1v) is 6.99. The van der Waals surface area contributed by atoms with Crippen LogP contribution >= 0.6 is 11.3 Å². The van der Waals surface area contributed by atoms with E-state index in [9.17, 15) is 0 Å². The van der Waals surface area contributed by atoms with Gasteiger partial charge in [-0.05, 0) is 38.7 Å². The quantitative estimate of drug-likeness (QED) is 0.658. The lowest BCUT2D eigenvalue weighted by molar-refractivity contribution is 0.204. The minimum absolute atomic E-state index is 0.286. The summed E-state index contributed by atoms with van der Waals surface area (Å²) in [4.78, 5) is 10.8. The van der Waals surface area contributed by atoms with Crippen molar-refractivity contribution < 1.29 is 4.74 Å². The van der Waals surface area contributed by atoms with E-state index in [0.29, 0.717) is 11.8 Å². The van der Waals surface area contributed by atoms with Crippen molar-refractivity contribution in [2.45, 2.75) is 38.7 Å². The zero-order valence-corrected chi connectivity index (χ0v) is 11.1. The predicted molar refractivity (Wildman–Crippen MR) is 72.8 cm³/mol. The van der Waals surface area contributed by atoms with Crippen molar-refractivity contribution in [2.75, 3.05) is 5.43 Å². The first kappa shape index (κ1) is 11.7. The van der Waals surface area contributed by atoms with Gasteiger partial charge in [0.2, 0.25) is 11.8 Å². The molecule has 0 aliphatic heterocycles. The Kier molecular flexibility index (Phi) is 3.05. The Balaban J connectivity index is 2.01. The van der Waals surface area contributed by atoms with Crippen molar-refractivity contribution in [1.29, 1.82) is 0 Å². The van der Waals surface area contributed by atoms with Gasteiger partial charge >= 0.3 is 0 Å². The normalized spacial score (nSPS) is 16.3. The fourth-order valence-electron chi connectivity index (χ4n) is 2.33. The van der Waals surface area contributed by atoms with Gasteiger partial charge in [0.1, 0.15) is 10.9 Å². The first-order valence-electron chi connectivity index (χ1n) is 6.18. The lowest BCUT2D eigenvalue weighted by Crippen LogP contribution is -2.15. The Bertz CT molecular complexity index is 562. The number of hydrogen-bond donors (Lipinski definition) is 2. The van der Waals surface area contributed by atoms with E-state index in [1.807, 2.05) is 0 Å². The number of anilines is 1. The van der Waals surface area contributed by atoms with Crippen molar-refractivity contribution in [2.24, 2.45) is 5.84 Å². The Hall–Kier alpha value is -1.40. The molecule has 0 bridgehead atoms. The minimum Gasteiger partial charge on any atom is -0.474 e. The van der Waals surface area contributed by atoms with Gasteiger partial charge in [-0.15, -0.1) is 11.3 Å². The SMILES string of the molecule is Cc1cc2c(OC3CCCC3)nc(NN)nc2s1. The number of hydrazine groups is 1. The van der Waals surface area contributed by atoms with E-state index in [4.69, 9.17) is 10.6 Å². The van der Waals surface area contributed by atoms with Crippen LogP contribution in [-0.4, -0.2) is 16.1 Å². The highest BCUT2D eigenvalue weighted by molar-refractivity contribution is 7.18. The molecule has 1 aliphatic carbocycles. The first-order chi connectivity index (χ1) is 8.76. The molecule has 5 nitrogen and oxygen atoms in total. The number of nitrogens with one attached hydrogen (secondary N) is 1. The predicted octanol–water partition coefficient (Wildman–Crippen LogP) is 2.61. The number of aromatic nitrogens is 2. The van der Waals surface area contributed by atoms with E-state index < -0.39 is 0 Å². The number of rotatable bonds is 3. The molecule has 0 amide bonds. The summed E-state index contributed by atoms with van der Waals surface area (Å²) in [5, 5.41) is 0.989. The van der Waals surface area contributed by atoms with Crippen LogP contribution in [0.15, 0.2) is 6.07 Å². The Morgan fingerprint density at radius 2 is 2.17 bits per heavy atom. The van der Waals surface area contributed by atoms with Gasteiger partial charge in [-0.2, -0.15) is 4.98 Å². The van der Waals surface area contributed by atoms with Crippen LogP contribution in [0.2, 0.25) is 0 Å². The molecule has 96 valence electrons. The minimum atomic E-state index is 0.286. The second kappa shape index (κ2) is 4.70. The molecular formula is C12H16N4OS. The molecule has 0 spiro atoms. The Morgan fingerprint density at radius 3 is 2.89 bits per heavy atom. The maximum Gasteiger partial charge on any atom is 0.241 e. The van der Waals surface area contributed by atoms with E-state index in [2.05, 4.69) is 28.4 Å². The van der Waals surface area contributed by atoms with Gasteiger partial charge in [0.25, 0.3) is 0 Å². The summed E-state index contributed by atoms with van der Waals surface area (Å²) >= 11 is 1.63. The molecule has 6 heteroatoms. The zero-order chi connectivity index (χ0) is 12.5. The average Bonchev–Trinajstić information content (AvgIpc) is 2.97. The van der Waals surface area contributed by atoms with Crippen LogP contribution in [-0.2, 0) is 0 Å². The fourth-order valence-corrected chi connectivity index (χ4v) is 3.20. The highest BCUT2D eigenvalue weighted by Crippen LogP contribution is 2.33. The lowest BCUT2D eigenvalue weighted by Gasteiger charge is -2.13. The van der Waals surface area contributed by atoms with E-state index in [1.54, 1.807) is 11.3 Å². The van der Waals surface area contributed by atoms with Gasteiger partial charge < -0.3 is 4.74 Å². The van der Waals surface area contributed by atoms with Crippen LogP contribution in [0, 0.1) is 6.92 Å². The fraction of sp³-hybridized carbons (Fsp3) is 0.500. The zero-order valence-electron chi connectivity index (χ0n) is 10.3. The molecule has 0 radical (unpaired) electrons. The molecule has 1 aliphatic rings. The Morgan fingerprint density at radius 1 is 1.39 bits per heavy atom. The number of fused-ring (bicyclic) bond motifs is 1. The number of aryl methyl sites for hydroxylation is 1. The number of thiophene rings is 1. The van der Waals surface area contributed by atoms with Gasteiger partial charge in [0, 0.05) is 4.88 Å². The van der Waals surface area contributed by atoms with E-state index >= 15 is 0 Å². The standard InChI is InChI=1S/C12H16N4OS/c1-7-6-9-10(17-8-4-2-3-5-8)14-12(16-13)15-11(9)18-7/h6,8H,2-5,13H2,1H3,(H,14,15,16).